The molecule has 0 aliphatic heterocycles. The van der Waals surface area contributed by atoms with E-state index in [1.165, 1.54) is 0 Å². The zero-order valence-corrected chi connectivity index (χ0v) is 18.1. The molecule has 0 fully saturated rings. The monoisotopic (exact) mass is 410 g/mol. The van der Waals surface area contributed by atoms with E-state index in [4.69, 9.17) is 4.74 Å². The molecule has 0 aliphatic rings. The van der Waals surface area contributed by atoms with Gasteiger partial charge in [-0.25, -0.2) is 0 Å². The molecule has 0 aliphatic carbocycles. The van der Waals surface area contributed by atoms with E-state index >= 15 is 0 Å². The van der Waals surface area contributed by atoms with Crippen LogP contribution in [0.4, 0.5) is 0 Å². The molecule has 3 aromatic rings. The van der Waals surface area contributed by atoms with E-state index in [9.17, 15) is 9.59 Å². The summed E-state index contributed by atoms with van der Waals surface area (Å²) in [6.07, 6.45) is 0.743. The molecule has 152 valence electrons. The summed E-state index contributed by atoms with van der Waals surface area (Å²) < 4.78 is 7.48. The van der Waals surface area contributed by atoms with Crippen molar-refractivity contribution in [2.45, 2.75) is 33.4 Å². The van der Waals surface area contributed by atoms with Gasteiger partial charge in [-0.1, -0.05) is 18.2 Å². The lowest BCUT2D eigenvalue weighted by Crippen LogP contribution is -2.33. The number of pyridine rings is 1. The molecule has 0 atom stereocenters. The molecule has 0 saturated heterocycles. The zero-order valence-electron chi connectivity index (χ0n) is 17.3. The highest BCUT2D eigenvalue weighted by Gasteiger charge is 2.21. The summed E-state index contributed by atoms with van der Waals surface area (Å²) in [4.78, 5) is 27.3. The van der Waals surface area contributed by atoms with Gasteiger partial charge in [0.2, 0.25) is 0 Å². The number of thiophene rings is 1. The number of benzene rings is 1. The van der Waals surface area contributed by atoms with Crippen molar-refractivity contribution in [1.82, 2.24) is 9.47 Å². The maximum Gasteiger partial charge on any atom is 0.259 e. The van der Waals surface area contributed by atoms with Crippen LogP contribution in [0.5, 0.6) is 5.75 Å². The molecular weight excluding hydrogens is 384 g/mol. The lowest BCUT2D eigenvalue weighted by Gasteiger charge is -2.21. The lowest BCUT2D eigenvalue weighted by atomic mass is 10.1. The Kier molecular flexibility index (Phi) is 6.54. The van der Waals surface area contributed by atoms with Crippen molar-refractivity contribution >= 4 is 17.2 Å². The van der Waals surface area contributed by atoms with Gasteiger partial charge in [-0.15, -0.1) is 0 Å². The third-order valence-electron chi connectivity index (χ3n) is 5.14. The highest BCUT2D eigenvalue weighted by molar-refractivity contribution is 7.07. The first-order valence-electron chi connectivity index (χ1n) is 9.52. The fraction of sp³-hybridized carbons (Fsp3) is 0.304. The molecule has 0 radical (unpaired) electrons. The Morgan fingerprint density at radius 3 is 2.66 bits per heavy atom. The molecule has 2 aromatic heterocycles. The summed E-state index contributed by atoms with van der Waals surface area (Å²) in [6, 6.07) is 11.4. The smallest absolute Gasteiger partial charge is 0.259 e. The number of amides is 1. The average molecular weight is 411 g/mol. The van der Waals surface area contributed by atoms with Gasteiger partial charge >= 0.3 is 0 Å². The number of hydrogen-bond donors (Lipinski definition) is 0. The number of ether oxygens (including phenoxy) is 1. The van der Waals surface area contributed by atoms with Crippen molar-refractivity contribution in [3.8, 4) is 5.75 Å². The van der Waals surface area contributed by atoms with E-state index in [1.807, 2.05) is 59.5 Å². The number of para-hydroxylation sites is 1. The summed E-state index contributed by atoms with van der Waals surface area (Å²) >= 11 is 1.59. The number of methoxy groups -OCH3 is 1. The minimum Gasteiger partial charge on any atom is -0.496 e. The fourth-order valence-electron chi connectivity index (χ4n) is 3.58. The first kappa shape index (κ1) is 20.9. The largest absolute Gasteiger partial charge is 0.496 e. The van der Waals surface area contributed by atoms with Crippen LogP contribution >= 0.6 is 11.3 Å². The SMILES string of the molecule is COc1ccccc1CCn1c(C)cc(=O)c(C(=O)N(C)Cc2ccsc2)c1C. The van der Waals surface area contributed by atoms with E-state index in [2.05, 4.69) is 0 Å². The molecule has 0 unspecified atom stereocenters. The van der Waals surface area contributed by atoms with Crippen molar-refractivity contribution in [2.24, 2.45) is 0 Å². The number of rotatable bonds is 7. The molecule has 5 nitrogen and oxygen atoms in total. The summed E-state index contributed by atoms with van der Waals surface area (Å²) in [5, 5.41) is 3.99. The molecule has 0 spiro atoms. The predicted octanol–water partition coefficient (Wildman–Crippen LogP) is 4.05. The fourth-order valence-corrected chi connectivity index (χ4v) is 4.24. The quantitative estimate of drug-likeness (QED) is 0.590. The van der Waals surface area contributed by atoms with E-state index in [0.29, 0.717) is 18.8 Å². The van der Waals surface area contributed by atoms with Crippen LogP contribution < -0.4 is 10.2 Å². The molecule has 2 heterocycles. The van der Waals surface area contributed by atoms with Crippen LogP contribution in [0.1, 0.15) is 32.9 Å². The van der Waals surface area contributed by atoms with Crippen molar-refractivity contribution in [3.63, 3.8) is 0 Å². The highest BCUT2D eigenvalue weighted by atomic mass is 32.1. The number of aromatic nitrogens is 1. The minimum atomic E-state index is -0.246. The molecule has 0 bridgehead atoms. The zero-order chi connectivity index (χ0) is 21.0. The van der Waals surface area contributed by atoms with Gasteiger partial charge in [0.15, 0.2) is 5.43 Å². The second kappa shape index (κ2) is 9.09. The Hall–Kier alpha value is -2.86. The molecule has 1 amide bonds. The van der Waals surface area contributed by atoms with Gasteiger partial charge in [0.1, 0.15) is 11.3 Å². The number of aryl methyl sites for hydroxylation is 2. The van der Waals surface area contributed by atoms with Crippen LogP contribution in [0, 0.1) is 13.8 Å². The molecule has 0 saturated carbocycles. The topological polar surface area (TPSA) is 51.5 Å². The number of hydrogen-bond acceptors (Lipinski definition) is 4. The molecule has 1 aromatic carbocycles. The number of nitrogens with zero attached hydrogens (tertiary/aromatic N) is 2. The molecule has 3 rings (SSSR count). The first-order valence-corrected chi connectivity index (χ1v) is 10.5. The third kappa shape index (κ3) is 4.59. The second-order valence-electron chi connectivity index (χ2n) is 7.12. The predicted molar refractivity (Wildman–Crippen MR) is 117 cm³/mol. The Morgan fingerprint density at radius 1 is 1.21 bits per heavy atom. The summed E-state index contributed by atoms with van der Waals surface area (Å²) in [6.45, 7) is 4.89. The molecule has 6 heteroatoms. The number of carbonyl (C=O) groups excluding carboxylic acids is 1. The van der Waals surface area contributed by atoms with E-state index in [-0.39, 0.29) is 16.9 Å². The van der Waals surface area contributed by atoms with Gasteiger partial charge in [0.05, 0.1) is 7.11 Å². The van der Waals surface area contributed by atoms with E-state index in [0.717, 1.165) is 29.0 Å². The lowest BCUT2D eigenvalue weighted by molar-refractivity contribution is 0.0782. The van der Waals surface area contributed by atoms with Crippen LogP contribution in [0.3, 0.4) is 0 Å². The minimum absolute atomic E-state index is 0.226. The van der Waals surface area contributed by atoms with Crippen LogP contribution in [0.15, 0.2) is 52.0 Å². The summed E-state index contributed by atoms with van der Waals surface area (Å²) in [5.74, 6) is 0.598. The highest BCUT2D eigenvalue weighted by Crippen LogP contribution is 2.20. The second-order valence-corrected chi connectivity index (χ2v) is 7.90. The maximum absolute atomic E-state index is 13.0. The van der Waals surface area contributed by atoms with Crippen molar-refractivity contribution < 1.29 is 9.53 Å². The van der Waals surface area contributed by atoms with Crippen LogP contribution in [-0.2, 0) is 19.5 Å². The molecule has 0 N–H and O–H groups in total. The van der Waals surface area contributed by atoms with Crippen molar-refractivity contribution in [2.75, 3.05) is 14.2 Å². The average Bonchev–Trinajstić information content (AvgIpc) is 3.20. The van der Waals surface area contributed by atoms with E-state index in [1.54, 1.807) is 36.5 Å². The first-order chi connectivity index (χ1) is 13.9. The molecular formula is C23H26N2O3S. The van der Waals surface area contributed by atoms with Gasteiger partial charge in [0.25, 0.3) is 5.91 Å². The van der Waals surface area contributed by atoms with Gasteiger partial charge in [-0.3, -0.25) is 9.59 Å². The van der Waals surface area contributed by atoms with Crippen molar-refractivity contribution in [3.05, 3.63) is 85.5 Å². The third-order valence-corrected chi connectivity index (χ3v) is 5.87. The molecule has 29 heavy (non-hydrogen) atoms. The summed E-state index contributed by atoms with van der Waals surface area (Å²) in [7, 11) is 3.40. The Morgan fingerprint density at radius 2 is 1.97 bits per heavy atom. The Bertz CT molecular complexity index is 1050. The standard InChI is InChI=1S/C23H26N2O3S/c1-16-13-20(26)22(23(27)24(3)14-18-10-12-29-15-18)17(2)25(16)11-9-19-7-5-6-8-21(19)28-4/h5-8,10,12-13,15H,9,11,14H2,1-4H3. The number of carbonyl (C=O) groups is 1. The van der Waals surface area contributed by atoms with Gasteiger partial charge < -0.3 is 14.2 Å². The van der Waals surface area contributed by atoms with E-state index < -0.39 is 0 Å². The Balaban J connectivity index is 1.87. The van der Waals surface area contributed by atoms with Crippen LogP contribution in [0.25, 0.3) is 0 Å². The Labute approximate surface area is 175 Å². The summed E-state index contributed by atoms with van der Waals surface area (Å²) in [5.41, 5.74) is 3.72. The maximum atomic E-state index is 13.0. The van der Waals surface area contributed by atoms with Gasteiger partial charge in [-0.05, 0) is 54.3 Å². The van der Waals surface area contributed by atoms with Crippen molar-refractivity contribution in [1.29, 1.82) is 0 Å². The van der Waals surface area contributed by atoms with Crippen LogP contribution in [0.2, 0.25) is 0 Å². The van der Waals surface area contributed by atoms with Gasteiger partial charge in [-0.2, -0.15) is 11.3 Å². The van der Waals surface area contributed by atoms with Crippen LogP contribution in [-0.4, -0.2) is 29.5 Å². The normalized spacial score (nSPS) is 10.8. The van der Waals surface area contributed by atoms with Gasteiger partial charge in [0, 0.05) is 37.6 Å².